The summed E-state index contributed by atoms with van der Waals surface area (Å²) >= 11 is 0. The molecule has 0 bridgehead atoms. The van der Waals surface area contributed by atoms with Gasteiger partial charge in [0.25, 0.3) is 0 Å². The molecule has 0 radical (unpaired) electrons. The van der Waals surface area contributed by atoms with Crippen LogP contribution in [0.25, 0.3) is 0 Å². The Morgan fingerprint density at radius 3 is 2.50 bits per heavy atom. The molecule has 0 aromatic carbocycles. The van der Waals surface area contributed by atoms with Gasteiger partial charge in [0.1, 0.15) is 0 Å². The Kier molecular flexibility index (Phi) is 4.37. The summed E-state index contributed by atoms with van der Waals surface area (Å²) in [5, 5.41) is 10.2. The Bertz CT molecular complexity index is 423. The highest BCUT2D eigenvalue weighted by Crippen LogP contribution is 2.31. The molecule has 0 spiro atoms. The highest BCUT2D eigenvalue weighted by atomic mass is 16.3. The number of aromatic nitrogens is 1. The molecule has 20 heavy (non-hydrogen) atoms. The second-order valence-electron chi connectivity index (χ2n) is 6.49. The Morgan fingerprint density at radius 2 is 1.85 bits per heavy atom. The number of hydrogen-bond acceptors (Lipinski definition) is 3. The summed E-state index contributed by atoms with van der Waals surface area (Å²) in [7, 11) is 0. The third-order valence-electron chi connectivity index (χ3n) is 5.05. The maximum absolute atomic E-state index is 10.2. The fourth-order valence-corrected chi connectivity index (χ4v) is 3.77. The van der Waals surface area contributed by atoms with Crippen LogP contribution in [0.4, 0.5) is 0 Å². The predicted molar refractivity (Wildman–Crippen MR) is 80.8 cm³/mol. The summed E-state index contributed by atoms with van der Waals surface area (Å²) in [4.78, 5) is 7.11. The molecule has 3 rings (SSSR count). The lowest BCUT2D eigenvalue weighted by molar-refractivity contribution is 0.00853. The van der Waals surface area contributed by atoms with Gasteiger partial charge in [-0.3, -0.25) is 9.88 Å². The first kappa shape index (κ1) is 14.0. The van der Waals surface area contributed by atoms with Crippen molar-refractivity contribution in [1.29, 1.82) is 0 Å². The minimum atomic E-state index is -0.0993. The first-order valence-corrected chi connectivity index (χ1v) is 8.09. The molecule has 1 saturated carbocycles. The number of piperidine rings is 1. The number of pyridine rings is 1. The van der Waals surface area contributed by atoms with E-state index in [-0.39, 0.29) is 6.10 Å². The van der Waals surface area contributed by atoms with E-state index in [2.05, 4.69) is 28.9 Å². The minimum Gasteiger partial charge on any atom is -0.391 e. The van der Waals surface area contributed by atoms with Crippen molar-refractivity contribution in [3.63, 3.8) is 0 Å². The summed E-state index contributed by atoms with van der Waals surface area (Å²) in [5.74, 6) is 0.604. The van der Waals surface area contributed by atoms with Gasteiger partial charge in [-0.25, -0.2) is 0 Å². The normalized spacial score (nSPS) is 29.5. The zero-order valence-electron chi connectivity index (χ0n) is 12.5. The van der Waals surface area contributed by atoms with Gasteiger partial charge in [0.2, 0.25) is 0 Å². The lowest BCUT2D eigenvalue weighted by Crippen LogP contribution is -2.48. The van der Waals surface area contributed by atoms with Crippen molar-refractivity contribution in [2.45, 2.75) is 63.5 Å². The monoisotopic (exact) mass is 274 g/mol. The predicted octanol–water partition coefficient (Wildman–Crippen LogP) is 2.87. The van der Waals surface area contributed by atoms with E-state index in [0.29, 0.717) is 12.0 Å². The van der Waals surface area contributed by atoms with E-state index < -0.39 is 0 Å². The van der Waals surface area contributed by atoms with Crippen LogP contribution >= 0.6 is 0 Å². The van der Waals surface area contributed by atoms with E-state index in [1.54, 1.807) is 0 Å². The minimum absolute atomic E-state index is 0.0993. The fourth-order valence-electron chi connectivity index (χ4n) is 3.77. The topological polar surface area (TPSA) is 36.4 Å². The molecule has 1 N–H and O–H groups in total. The average molecular weight is 274 g/mol. The number of rotatable bonds is 2. The van der Waals surface area contributed by atoms with Gasteiger partial charge in [0.15, 0.2) is 0 Å². The zero-order valence-corrected chi connectivity index (χ0v) is 12.5. The molecule has 2 atom stereocenters. The van der Waals surface area contributed by atoms with Crippen LogP contribution in [-0.4, -0.2) is 40.2 Å². The highest BCUT2D eigenvalue weighted by Gasteiger charge is 2.31. The summed E-state index contributed by atoms with van der Waals surface area (Å²) in [6.45, 7) is 4.31. The number of aliphatic hydroxyl groups excluding tert-OH is 1. The van der Waals surface area contributed by atoms with Crippen molar-refractivity contribution in [2.75, 3.05) is 13.1 Å². The van der Waals surface area contributed by atoms with Crippen molar-refractivity contribution in [1.82, 2.24) is 9.88 Å². The second kappa shape index (κ2) is 6.23. The van der Waals surface area contributed by atoms with Crippen molar-refractivity contribution in [2.24, 2.45) is 0 Å². The maximum Gasteiger partial charge on any atom is 0.0695 e. The molecule has 2 fully saturated rings. The maximum atomic E-state index is 10.2. The van der Waals surface area contributed by atoms with Crippen molar-refractivity contribution >= 4 is 0 Å². The van der Waals surface area contributed by atoms with Crippen LogP contribution < -0.4 is 0 Å². The summed E-state index contributed by atoms with van der Waals surface area (Å²) < 4.78 is 0. The van der Waals surface area contributed by atoms with E-state index in [9.17, 15) is 5.11 Å². The van der Waals surface area contributed by atoms with Crippen molar-refractivity contribution < 1.29 is 5.11 Å². The first-order chi connectivity index (χ1) is 9.74. The molecule has 0 amide bonds. The molecule has 1 saturated heterocycles. The highest BCUT2D eigenvalue weighted by molar-refractivity contribution is 5.16. The van der Waals surface area contributed by atoms with Crippen LogP contribution in [0.3, 0.4) is 0 Å². The largest absolute Gasteiger partial charge is 0.391 e. The lowest BCUT2D eigenvalue weighted by Gasteiger charge is -2.41. The van der Waals surface area contributed by atoms with Crippen LogP contribution in [0.15, 0.2) is 18.3 Å². The van der Waals surface area contributed by atoms with Crippen LogP contribution in [0, 0.1) is 6.92 Å². The van der Waals surface area contributed by atoms with Crippen molar-refractivity contribution in [3.8, 4) is 0 Å². The average Bonchev–Trinajstić information content (AvgIpc) is 2.49. The molecule has 2 heterocycles. The van der Waals surface area contributed by atoms with E-state index >= 15 is 0 Å². The standard InChI is InChI=1S/C17H26N2O/c1-13-6-7-15(18-12-13)14-8-10-19(11-9-14)16-4-2-3-5-17(16)20/h6-7,12,14,16-17,20H,2-5,8-11H2,1H3/t16-,17+/m1/s1. The van der Waals surface area contributed by atoms with Crippen LogP contribution in [0.2, 0.25) is 0 Å². The van der Waals surface area contributed by atoms with Gasteiger partial charge >= 0.3 is 0 Å². The number of hydrogen-bond donors (Lipinski definition) is 1. The zero-order chi connectivity index (χ0) is 13.9. The smallest absolute Gasteiger partial charge is 0.0695 e. The number of aliphatic hydroxyl groups is 1. The number of likely N-dealkylation sites (tertiary alicyclic amines) is 1. The molecule has 1 aromatic heterocycles. The first-order valence-electron chi connectivity index (χ1n) is 8.09. The molecular weight excluding hydrogens is 248 g/mol. The molecular formula is C17H26N2O. The van der Waals surface area contributed by atoms with Gasteiger partial charge in [-0.15, -0.1) is 0 Å². The van der Waals surface area contributed by atoms with Gasteiger partial charge in [-0.05, 0) is 57.3 Å². The Morgan fingerprint density at radius 1 is 1.10 bits per heavy atom. The van der Waals surface area contributed by atoms with Crippen molar-refractivity contribution in [3.05, 3.63) is 29.6 Å². The van der Waals surface area contributed by atoms with Gasteiger partial charge in [-0.1, -0.05) is 18.9 Å². The number of aryl methyl sites for hydroxylation is 1. The molecule has 0 unspecified atom stereocenters. The second-order valence-corrected chi connectivity index (χ2v) is 6.49. The fraction of sp³-hybridized carbons (Fsp3) is 0.706. The third-order valence-corrected chi connectivity index (χ3v) is 5.05. The van der Waals surface area contributed by atoms with Gasteiger partial charge < -0.3 is 5.11 Å². The molecule has 3 heteroatoms. The lowest BCUT2D eigenvalue weighted by atomic mass is 9.87. The summed E-state index contributed by atoms with van der Waals surface area (Å²) in [6.07, 6.45) is 8.88. The molecule has 1 aromatic rings. The molecule has 2 aliphatic rings. The van der Waals surface area contributed by atoms with Gasteiger partial charge in [0, 0.05) is 23.9 Å². The Balaban J connectivity index is 1.57. The molecule has 110 valence electrons. The number of nitrogens with zero attached hydrogens (tertiary/aromatic N) is 2. The van der Waals surface area contributed by atoms with Crippen LogP contribution in [0.1, 0.15) is 55.7 Å². The van der Waals surface area contributed by atoms with E-state index in [1.165, 1.54) is 43.4 Å². The molecule has 1 aliphatic carbocycles. The van der Waals surface area contributed by atoms with Gasteiger partial charge in [0.05, 0.1) is 6.10 Å². The summed E-state index contributed by atoms with van der Waals surface area (Å²) in [5.41, 5.74) is 2.48. The van der Waals surface area contributed by atoms with E-state index in [1.807, 2.05) is 6.20 Å². The quantitative estimate of drug-likeness (QED) is 0.901. The Hall–Kier alpha value is -0.930. The van der Waals surface area contributed by atoms with Crippen LogP contribution in [0.5, 0.6) is 0 Å². The summed E-state index contributed by atoms with van der Waals surface area (Å²) in [6, 6.07) is 4.76. The van der Waals surface area contributed by atoms with Gasteiger partial charge in [-0.2, -0.15) is 0 Å². The Labute approximate surface area is 122 Å². The van der Waals surface area contributed by atoms with E-state index in [0.717, 1.165) is 19.5 Å². The molecule has 3 nitrogen and oxygen atoms in total. The molecule has 1 aliphatic heterocycles. The SMILES string of the molecule is Cc1ccc(C2CCN([C@@H]3CCCC[C@@H]3O)CC2)nc1. The van der Waals surface area contributed by atoms with E-state index in [4.69, 9.17) is 0 Å². The third kappa shape index (κ3) is 3.04. The van der Waals surface area contributed by atoms with Crippen LogP contribution in [-0.2, 0) is 0 Å².